The molecule has 1 aromatic heterocycles. The van der Waals surface area contributed by atoms with Crippen LogP contribution >= 0.6 is 0 Å². The normalized spacial score (nSPS) is 11.9. The summed E-state index contributed by atoms with van der Waals surface area (Å²) in [5.74, 6) is 6.55. The number of aliphatic hydroxyl groups is 1. The van der Waals surface area contributed by atoms with Crippen molar-refractivity contribution in [2.75, 3.05) is 0 Å². The minimum absolute atomic E-state index is 0.0465. The van der Waals surface area contributed by atoms with Crippen molar-refractivity contribution in [2.24, 2.45) is 5.41 Å². The molecule has 1 rings (SSSR count). The van der Waals surface area contributed by atoms with Crippen LogP contribution in [0.4, 0.5) is 0 Å². The Hall–Kier alpha value is -1.40. The lowest BCUT2D eigenvalue weighted by Crippen LogP contribution is -2.22. The van der Waals surface area contributed by atoms with E-state index in [0.717, 1.165) is 5.56 Å². The van der Waals surface area contributed by atoms with Gasteiger partial charge in [-0.15, -0.1) is 0 Å². The predicted octanol–water partition coefficient (Wildman–Crippen LogP) is 2.19. The first-order valence-corrected chi connectivity index (χ1v) is 5.72. The largest absolute Gasteiger partial charge is 0.390 e. The maximum atomic E-state index is 9.67. The van der Waals surface area contributed by atoms with Crippen molar-refractivity contribution in [1.82, 2.24) is 9.97 Å². The molecular weight excluding hydrogens is 212 g/mol. The third-order valence-electron chi connectivity index (χ3n) is 1.89. The zero-order valence-corrected chi connectivity index (χ0v) is 11.2. The average Bonchev–Trinajstić information content (AvgIpc) is 2.13. The van der Waals surface area contributed by atoms with Crippen LogP contribution in [0.5, 0.6) is 0 Å². The van der Waals surface area contributed by atoms with Crippen LogP contribution in [-0.2, 0) is 6.42 Å². The summed E-state index contributed by atoms with van der Waals surface area (Å²) >= 11 is 0. The van der Waals surface area contributed by atoms with Crippen LogP contribution in [0.15, 0.2) is 12.4 Å². The molecule has 3 heteroatoms. The second-order valence-electron chi connectivity index (χ2n) is 5.90. The smallest absolute Gasteiger partial charge is 0.204 e. The summed E-state index contributed by atoms with van der Waals surface area (Å²) in [7, 11) is 0. The van der Waals surface area contributed by atoms with Crippen molar-refractivity contribution in [2.45, 2.75) is 46.6 Å². The Bertz CT molecular complexity index is 425. The number of nitrogens with zero attached hydrogens (tertiary/aromatic N) is 2. The molecule has 0 saturated carbocycles. The van der Waals surface area contributed by atoms with Crippen LogP contribution in [-0.4, -0.2) is 20.7 Å². The van der Waals surface area contributed by atoms with Crippen LogP contribution in [0.2, 0.25) is 0 Å². The fourth-order valence-corrected chi connectivity index (χ4v) is 1.25. The molecule has 0 atom stereocenters. The van der Waals surface area contributed by atoms with Gasteiger partial charge in [-0.3, -0.25) is 0 Å². The molecule has 0 unspecified atom stereocenters. The molecule has 0 radical (unpaired) electrons. The van der Waals surface area contributed by atoms with Gasteiger partial charge in [-0.05, 0) is 46.1 Å². The second-order valence-corrected chi connectivity index (χ2v) is 5.90. The Morgan fingerprint density at radius 3 is 2.06 bits per heavy atom. The van der Waals surface area contributed by atoms with Crippen LogP contribution in [0.1, 0.15) is 46.0 Å². The molecule has 0 saturated heterocycles. The molecule has 0 fully saturated rings. The van der Waals surface area contributed by atoms with E-state index < -0.39 is 5.60 Å². The first-order valence-electron chi connectivity index (χ1n) is 5.72. The van der Waals surface area contributed by atoms with Crippen molar-refractivity contribution in [1.29, 1.82) is 0 Å². The molecule has 17 heavy (non-hydrogen) atoms. The summed E-state index contributed by atoms with van der Waals surface area (Å²) in [6.45, 7) is 9.66. The van der Waals surface area contributed by atoms with Gasteiger partial charge in [-0.1, -0.05) is 5.92 Å². The molecule has 3 nitrogen and oxygen atoms in total. The van der Waals surface area contributed by atoms with Gasteiger partial charge in [-0.2, -0.15) is 0 Å². The van der Waals surface area contributed by atoms with E-state index in [1.165, 1.54) is 0 Å². The van der Waals surface area contributed by atoms with Gasteiger partial charge < -0.3 is 5.11 Å². The van der Waals surface area contributed by atoms with E-state index in [-0.39, 0.29) is 5.41 Å². The van der Waals surface area contributed by atoms with E-state index in [1.807, 2.05) is 20.8 Å². The second kappa shape index (κ2) is 4.85. The van der Waals surface area contributed by atoms with Gasteiger partial charge in [0, 0.05) is 24.2 Å². The molecule has 0 aromatic carbocycles. The molecule has 92 valence electrons. The molecule has 0 bridgehead atoms. The summed E-state index contributed by atoms with van der Waals surface area (Å²) < 4.78 is 0. The van der Waals surface area contributed by atoms with Gasteiger partial charge in [0.05, 0.1) is 5.60 Å². The first-order chi connectivity index (χ1) is 7.66. The van der Waals surface area contributed by atoms with Crippen LogP contribution in [0.25, 0.3) is 0 Å². The van der Waals surface area contributed by atoms with E-state index >= 15 is 0 Å². The van der Waals surface area contributed by atoms with Crippen molar-refractivity contribution in [3.05, 3.63) is 23.8 Å². The summed E-state index contributed by atoms with van der Waals surface area (Å²) in [4.78, 5) is 8.34. The topological polar surface area (TPSA) is 46.0 Å². The highest BCUT2D eigenvalue weighted by Gasteiger charge is 2.13. The molecule has 0 aliphatic carbocycles. The molecule has 0 amide bonds. The highest BCUT2D eigenvalue weighted by Crippen LogP contribution is 2.11. The summed E-state index contributed by atoms with van der Waals surface area (Å²) in [5, 5.41) is 9.67. The first kappa shape index (κ1) is 13.7. The minimum atomic E-state index is -0.734. The quantitative estimate of drug-likeness (QED) is 0.795. The van der Waals surface area contributed by atoms with E-state index in [4.69, 9.17) is 0 Å². The van der Waals surface area contributed by atoms with Gasteiger partial charge in [0.1, 0.15) is 0 Å². The molecule has 1 aromatic rings. The monoisotopic (exact) mass is 232 g/mol. The van der Waals surface area contributed by atoms with Gasteiger partial charge in [0.2, 0.25) is 5.82 Å². The van der Waals surface area contributed by atoms with Crippen molar-refractivity contribution in [3.63, 3.8) is 0 Å². The zero-order chi connectivity index (χ0) is 13.1. The lowest BCUT2D eigenvalue weighted by atomic mass is 9.98. The third kappa shape index (κ3) is 6.03. The van der Waals surface area contributed by atoms with E-state index in [1.54, 1.807) is 26.2 Å². The summed E-state index contributed by atoms with van der Waals surface area (Å²) in [6.07, 6.45) is 3.98. The van der Waals surface area contributed by atoms with Gasteiger partial charge >= 0.3 is 0 Å². The Balaban J connectivity index is 2.78. The predicted molar refractivity (Wildman–Crippen MR) is 68.4 cm³/mol. The Kier molecular flexibility index (Phi) is 3.90. The standard InChI is InChI=1S/C14H20N2O/c1-13(2,3)7-6-12-15-9-11(10-16-12)8-14(4,5)17/h9-10,17H,8H2,1-5H3. The Morgan fingerprint density at radius 1 is 1.12 bits per heavy atom. The van der Waals surface area contributed by atoms with Crippen molar-refractivity contribution < 1.29 is 5.11 Å². The SMILES string of the molecule is CC(C)(C)C#Cc1ncc(CC(C)(C)O)cn1. The molecule has 0 aliphatic heterocycles. The van der Waals surface area contributed by atoms with Crippen molar-refractivity contribution >= 4 is 0 Å². The maximum absolute atomic E-state index is 9.67. The minimum Gasteiger partial charge on any atom is -0.390 e. The third-order valence-corrected chi connectivity index (χ3v) is 1.89. The van der Waals surface area contributed by atoms with Crippen LogP contribution in [0.3, 0.4) is 0 Å². The number of hydrogen-bond donors (Lipinski definition) is 1. The highest BCUT2D eigenvalue weighted by atomic mass is 16.3. The summed E-state index contributed by atoms with van der Waals surface area (Å²) in [6, 6.07) is 0. The van der Waals surface area contributed by atoms with E-state index in [2.05, 4.69) is 21.8 Å². The fraction of sp³-hybridized carbons (Fsp3) is 0.571. The lowest BCUT2D eigenvalue weighted by molar-refractivity contribution is 0.0808. The average molecular weight is 232 g/mol. The van der Waals surface area contributed by atoms with Crippen molar-refractivity contribution in [3.8, 4) is 11.8 Å². The maximum Gasteiger partial charge on any atom is 0.204 e. The highest BCUT2D eigenvalue weighted by molar-refractivity contribution is 5.24. The molecule has 0 aliphatic rings. The van der Waals surface area contributed by atoms with Gasteiger partial charge in [0.15, 0.2) is 0 Å². The Morgan fingerprint density at radius 2 is 1.65 bits per heavy atom. The number of rotatable bonds is 2. The number of hydrogen-bond acceptors (Lipinski definition) is 3. The zero-order valence-electron chi connectivity index (χ0n) is 11.2. The van der Waals surface area contributed by atoms with Gasteiger partial charge in [0.25, 0.3) is 0 Å². The molecule has 0 spiro atoms. The summed E-state index contributed by atoms with van der Waals surface area (Å²) in [5.41, 5.74) is 0.135. The Labute approximate surface area is 103 Å². The fourth-order valence-electron chi connectivity index (χ4n) is 1.25. The molecular formula is C14H20N2O. The van der Waals surface area contributed by atoms with Crippen LogP contribution in [0, 0.1) is 17.3 Å². The van der Waals surface area contributed by atoms with E-state index in [0.29, 0.717) is 12.2 Å². The van der Waals surface area contributed by atoms with Crippen LogP contribution < -0.4 is 0 Å². The molecule has 1 heterocycles. The molecule has 1 N–H and O–H groups in total. The van der Waals surface area contributed by atoms with Gasteiger partial charge in [-0.25, -0.2) is 9.97 Å². The lowest BCUT2D eigenvalue weighted by Gasteiger charge is -2.16. The number of aromatic nitrogens is 2. The van der Waals surface area contributed by atoms with E-state index in [9.17, 15) is 5.11 Å².